The zero-order chi connectivity index (χ0) is 24.6. The average Bonchev–Trinajstić information content (AvgIpc) is 3.39. The fraction of sp³-hybridized carbons (Fsp3) is 0.417. The van der Waals surface area contributed by atoms with Crippen LogP contribution in [0.25, 0.3) is 0 Å². The van der Waals surface area contributed by atoms with Crippen molar-refractivity contribution in [2.24, 2.45) is 18.2 Å². The number of piperidine rings is 1. The summed E-state index contributed by atoms with van der Waals surface area (Å²) in [6.07, 6.45) is 7.29. The standard InChI is InChI=1S/C24H27ClN8OS/c1-15-21(26)24(14-34-15)7-11-33(12-8-24)19-13-29-23(22(27)30-19)35-18-5-9-28-17(20(18)25)4-3-16-6-10-32(2)31-16/h5-6,9-10,13,15,21H,7-8,11-12,14,26H2,1-2H3,(H2,27,30)/t15-,21+/m0/s1. The van der Waals surface area contributed by atoms with Crippen molar-refractivity contribution in [2.75, 3.05) is 30.3 Å². The van der Waals surface area contributed by atoms with Gasteiger partial charge >= 0.3 is 0 Å². The molecule has 2 fully saturated rings. The van der Waals surface area contributed by atoms with Gasteiger partial charge in [0.25, 0.3) is 0 Å². The predicted octanol–water partition coefficient (Wildman–Crippen LogP) is 2.72. The number of hydrogen-bond acceptors (Lipinski definition) is 9. The second kappa shape index (κ2) is 9.66. The molecule has 2 saturated heterocycles. The molecule has 9 nitrogen and oxygen atoms in total. The van der Waals surface area contributed by atoms with Gasteiger partial charge < -0.3 is 21.1 Å². The van der Waals surface area contributed by atoms with Crippen molar-refractivity contribution in [2.45, 2.75) is 41.8 Å². The Morgan fingerprint density at radius 3 is 2.69 bits per heavy atom. The third-order valence-corrected chi connectivity index (χ3v) is 8.33. The molecule has 0 radical (unpaired) electrons. The number of aryl methyl sites for hydroxylation is 1. The van der Waals surface area contributed by atoms with E-state index in [0.717, 1.165) is 43.3 Å². The summed E-state index contributed by atoms with van der Waals surface area (Å²) in [5.74, 6) is 7.09. The molecule has 5 rings (SSSR count). The van der Waals surface area contributed by atoms with Crippen LogP contribution in [0.3, 0.4) is 0 Å². The normalized spacial score (nSPS) is 21.2. The van der Waals surface area contributed by atoms with Crippen LogP contribution in [0.1, 0.15) is 31.2 Å². The first-order valence-electron chi connectivity index (χ1n) is 11.4. The van der Waals surface area contributed by atoms with Crippen LogP contribution in [-0.4, -0.2) is 56.6 Å². The molecule has 0 aromatic carbocycles. The molecular weight excluding hydrogens is 484 g/mol. The number of halogens is 1. The summed E-state index contributed by atoms with van der Waals surface area (Å²) in [4.78, 5) is 16.5. The highest BCUT2D eigenvalue weighted by molar-refractivity contribution is 7.99. The zero-order valence-corrected chi connectivity index (χ0v) is 21.2. The summed E-state index contributed by atoms with van der Waals surface area (Å²) in [6, 6.07) is 3.71. The molecule has 0 saturated carbocycles. The van der Waals surface area contributed by atoms with Gasteiger partial charge in [-0.1, -0.05) is 23.4 Å². The van der Waals surface area contributed by atoms with Gasteiger partial charge in [0.15, 0.2) is 5.82 Å². The molecule has 2 aliphatic heterocycles. The lowest BCUT2D eigenvalue weighted by atomic mass is 9.73. The number of hydrogen-bond donors (Lipinski definition) is 2. The Bertz CT molecular complexity index is 1290. The summed E-state index contributed by atoms with van der Waals surface area (Å²) < 4.78 is 7.52. The van der Waals surface area contributed by atoms with Gasteiger partial charge in [-0.25, -0.2) is 15.0 Å². The lowest BCUT2D eigenvalue weighted by Gasteiger charge is -2.41. The van der Waals surface area contributed by atoms with Crippen molar-refractivity contribution in [1.82, 2.24) is 24.7 Å². The lowest BCUT2D eigenvalue weighted by Crippen LogP contribution is -2.50. The van der Waals surface area contributed by atoms with Gasteiger partial charge in [-0.3, -0.25) is 4.68 Å². The fourth-order valence-corrected chi connectivity index (χ4v) is 5.62. The Kier molecular flexibility index (Phi) is 6.59. The molecular formula is C24H27ClN8OS. The van der Waals surface area contributed by atoms with Crippen LogP contribution < -0.4 is 16.4 Å². The van der Waals surface area contributed by atoms with Crippen LogP contribution in [0.2, 0.25) is 5.02 Å². The maximum atomic E-state index is 6.59. The minimum atomic E-state index is 0.0555. The van der Waals surface area contributed by atoms with Crippen LogP contribution in [0.4, 0.5) is 11.6 Å². The van der Waals surface area contributed by atoms with Crippen molar-refractivity contribution in [3.63, 3.8) is 0 Å². The van der Waals surface area contributed by atoms with Gasteiger partial charge in [-0.05, 0) is 43.7 Å². The van der Waals surface area contributed by atoms with Crippen molar-refractivity contribution in [3.8, 4) is 11.8 Å². The molecule has 11 heteroatoms. The van der Waals surface area contributed by atoms with Crippen LogP contribution in [-0.2, 0) is 11.8 Å². The maximum absolute atomic E-state index is 6.59. The van der Waals surface area contributed by atoms with E-state index in [-0.39, 0.29) is 17.6 Å². The molecule has 4 N–H and O–H groups in total. The van der Waals surface area contributed by atoms with Gasteiger partial charge in [0, 0.05) is 48.9 Å². The molecule has 3 aromatic heterocycles. The van der Waals surface area contributed by atoms with Gasteiger partial charge in [0.2, 0.25) is 0 Å². The second-order valence-electron chi connectivity index (χ2n) is 9.01. The third kappa shape index (κ3) is 4.82. The molecule has 0 aliphatic carbocycles. The Morgan fingerprint density at radius 2 is 2.03 bits per heavy atom. The number of ether oxygens (including phenoxy) is 1. The maximum Gasteiger partial charge on any atom is 0.158 e. The van der Waals surface area contributed by atoms with Crippen LogP contribution in [0, 0.1) is 17.3 Å². The van der Waals surface area contributed by atoms with Gasteiger partial charge in [-0.2, -0.15) is 5.10 Å². The third-order valence-electron chi connectivity index (χ3n) is 6.76. The summed E-state index contributed by atoms with van der Waals surface area (Å²) in [5, 5.41) is 5.27. The molecule has 182 valence electrons. The monoisotopic (exact) mass is 510 g/mol. The van der Waals surface area contributed by atoms with Gasteiger partial charge in [-0.15, -0.1) is 0 Å². The minimum Gasteiger partial charge on any atom is -0.381 e. The van der Waals surface area contributed by atoms with Crippen molar-refractivity contribution < 1.29 is 4.74 Å². The molecule has 0 unspecified atom stereocenters. The Hall–Kier alpha value is -2.84. The SMILES string of the molecule is C[C@@H]1OCC2(CCN(c3cnc(Sc4ccnc(C#Cc5ccn(C)n5)c4Cl)c(N)n3)CC2)[C@@H]1N. The predicted molar refractivity (Wildman–Crippen MR) is 136 cm³/mol. The lowest BCUT2D eigenvalue weighted by molar-refractivity contribution is 0.0974. The first kappa shape index (κ1) is 23.9. The topological polar surface area (TPSA) is 121 Å². The van der Waals surface area contributed by atoms with Crippen LogP contribution in [0.5, 0.6) is 0 Å². The Morgan fingerprint density at radius 1 is 1.23 bits per heavy atom. The van der Waals surface area contributed by atoms with Crippen LogP contribution >= 0.6 is 23.4 Å². The highest BCUT2D eigenvalue weighted by atomic mass is 35.5. The van der Waals surface area contributed by atoms with E-state index >= 15 is 0 Å². The van der Waals surface area contributed by atoms with E-state index in [1.165, 1.54) is 11.8 Å². The number of nitrogen functional groups attached to an aromatic ring is 1. The quantitative estimate of drug-likeness (QED) is 0.512. The number of aromatic nitrogens is 5. The molecule has 0 amide bonds. The van der Waals surface area contributed by atoms with E-state index in [1.807, 2.05) is 25.4 Å². The minimum absolute atomic E-state index is 0.0555. The Balaban J connectivity index is 1.28. The number of nitrogens with two attached hydrogens (primary N) is 2. The van der Waals surface area contributed by atoms with E-state index in [4.69, 9.17) is 27.8 Å². The van der Waals surface area contributed by atoms with Gasteiger partial charge in [0.1, 0.15) is 22.2 Å². The van der Waals surface area contributed by atoms with Crippen molar-refractivity contribution in [3.05, 3.63) is 47.1 Å². The number of pyridine rings is 1. The highest BCUT2D eigenvalue weighted by Crippen LogP contribution is 2.42. The largest absolute Gasteiger partial charge is 0.381 e. The molecule has 3 aromatic rings. The van der Waals surface area contributed by atoms with E-state index in [1.54, 1.807) is 17.1 Å². The summed E-state index contributed by atoms with van der Waals surface area (Å²) >= 11 is 7.93. The van der Waals surface area contributed by atoms with Crippen molar-refractivity contribution >= 4 is 35.0 Å². The molecule has 2 aliphatic rings. The number of rotatable bonds is 3. The van der Waals surface area contributed by atoms with E-state index in [0.29, 0.717) is 27.3 Å². The van der Waals surface area contributed by atoms with E-state index < -0.39 is 0 Å². The summed E-state index contributed by atoms with van der Waals surface area (Å²) in [7, 11) is 1.84. The highest BCUT2D eigenvalue weighted by Gasteiger charge is 2.47. The molecule has 5 heterocycles. The molecule has 1 spiro atoms. The van der Waals surface area contributed by atoms with Crippen LogP contribution in [0.15, 0.2) is 40.6 Å². The first-order chi connectivity index (χ1) is 16.8. The molecule has 35 heavy (non-hydrogen) atoms. The summed E-state index contributed by atoms with van der Waals surface area (Å²) in [6.45, 7) is 4.48. The molecule has 2 atom stereocenters. The Labute approximate surface area is 213 Å². The van der Waals surface area contributed by atoms with E-state index in [2.05, 4.69) is 43.7 Å². The average molecular weight is 511 g/mol. The van der Waals surface area contributed by atoms with E-state index in [9.17, 15) is 0 Å². The smallest absolute Gasteiger partial charge is 0.158 e. The number of nitrogens with zero attached hydrogens (tertiary/aromatic N) is 6. The molecule has 0 bridgehead atoms. The van der Waals surface area contributed by atoms with Crippen molar-refractivity contribution in [1.29, 1.82) is 0 Å². The fourth-order valence-electron chi connectivity index (χ4n) is 4.57. The second-order valence-corrected chi connectivity index (χ2v) is 10.4. The van der Waals surface area contributed by atoms with Gasteiger partial charge in [0.05, 0.1) is 23.9 Å². The zero-order valence-electron chi connectivity index (χ0n) is 19.6. The summed E-state index contributed by atoms with van der Waals surface area (Å²) in [5.41, 5.74) is 13.9. The first-order valence-corrected chi connectivity index (χ1v) is 12.6. The number of anilines is 2.